The molecule has 0 spiro atoms. The summed E-state index contributed by atoms with van der Waals surface area (Å²) in [4.78, 5) is 0. The van der Waals surface area contributed by atoms with Gasteiger partial charge in [0.1, 0.15) is 17.7 Å². The molecule has 94 valence electrons. The Morgan fingerprint density at radius 3 is 2.44 bits per heavy atom. The van der Waals surface area contributed by atoms with Crippen molar-refractivity contribution in [1.82, 2.24) is 0 Å². The smallest absolute Gasteiger partial charge is 0.133 e. The van der Waals surface area contributed by atoms with Crippen LogP contribution in [0.2, 0.25) is 0 Å². The number of ether oxygens (including phenoxy) is 1. The minimum Gasteiger partial charge on any atom is -0.496 e. The first-order chi connectivity index (χ1) is 8.65. The lowest BCUT2D eigenvalue weighted by Gasteiger charge is -2.16. The number of methoxy groups -OCH3 is 1. The van der Waals surface area contributed by atoms with Crippen LogP contribution in [0.1, 0.15) is 17.2 Å². The van der Waals surface area contributed by atoms with Gasteiger partial charge in [-0.3, -0.25) is 0 Å². The quantitative estimate of drug-likeness (QED) is 0.937. The van der Waals surface area contributed by atoms with Gasteiger partial charge in [-0.1, -0.05) is 30.3 Å². The minimum atomic E-state index is -1.03. The second-order valence-electron chi connectivity index (χ2n) is 3.79. The molecular formula is C14H12BrFO2. The van der Waals surface area contributed by atoms with E-state index in [-0.39, 0.29) is 5.56 Å². The van der Waals surface area contributed by atoms with Gasteiger partial charge < -0.3 is 9.84 Å². The van der Waals surface area contributed by atoms with Crippen LogP contribution in [0, 0.1) is 5.82 Å². The van der Waals surface area contributed by atoms with Crippen LogP contribution in [0.5, 0.6) is 5.75 Å². The van der Waals surface area contributed by atoms with Gasteiger partial charge in [-0.25, -0.2) is 4.39 Å². The van der Waals surface area contributed by atoms with Gasteiger partial charge in [-0.15, -0.1) is 0 Å². The molecule has 0 saturated heterocycles. The fourth-order valence-electron chi connectivity index (χ4n) is 1.76. The first-order valence-electron chi connectivity index (χ1n) is 5.40. The Morgan fingerprint density at radius 2 is 1.83 bits per heavy atom. The standard InChI is InChI=1S/C14H12BrFO2/c1-18-11-8-7-10(16)12(13(11)15)14(17)9-5-3-2-4-6-9/h2-8,14,17H,1H3. The average Bonchev–Trinajstić information content (AvgIpc) is 2.40. The largest absolute Gasteiger partial charge is 0.496 e. The van der Waals surface area contributed by atoms with E-state index in [4.69, 9.17) is 4.74 Å². The zero-order valence-electron chi connectivity index (χ0n) is 9.73. The van der Waals surface area contributed by atoms with Gasteiger partial charge in [0.2, 0.25) is 0 Å². The molecule has 2 aromatic rings. The predicted molar refractivity (Wildman–Crippen MR) is 71.2 cm³/mol. The van der Waals surface area contributed by atoms with Crippen LogP contribution < -0.4 is 4.74 Å². The van der Waals surface area contributed by atoms with Crippen molar-refractivity contribution < 1.29 is 14.2 Å². The van der Waals surface area contributed by atoms with Crippen LogP contribution in [-0.4, -0.2) is 12.2 Å². The highest BCUT2D eigenvalue weighted by Crippen LogP contribution is 2.36. The van der Waals surface area contributed by atoms with Crippen LogP contribution in [0.15, 0.2) is 46.9 Å². The molecule has 0 bridgehead atoms. The third kappa shape index (κ3) is 2.40. The van der Waals surface area contributed by atoms with Gasteiger partial charge in [0.15, 0.2) is 0 Å². The summed E-state index contributed by atoms with van der Waals surface area (Å²) in [5, 5.41) is 10.2. The number of halogens is 2. The van der Waals surface area contributed by atoms with Crippen molar-refractivity contribution in [2.45, 2.75) is 6.10 Å². The van der Waals surface area contributed by atoms with Gasteiger partial charge in [0.25, 0.3) is 0 Å². The molecule has 2 aromatic carbocycles. The van der Waals surface area contributed by atoms with E-state index >= 15 is 0 Å². The Morgan fingerprint density at radius 1 is 1.17 bits per heavy atom. The molecule has 2 rings (SSSR count). The highest BCUT2D eigenvalue weighted by atomic mass is 79.9. The summed E-state index contributed by atoms with van der Waals surface area (Å²) in [7, 11) is 1.50. The number of rotatable bonds is 3. The van der Waals surface area contributed by atoms with Crippen molar-refractivity contribution >= 4 is 15.9 Å². The summed E-state index contributed by atoms with van der Waals surface area (Å²) in [6.07, 6.45) is -1.03. The normalized spacial score (nSPS) is 12.2. The van der Waals surface area contributed by atoms with Crippen LogP contribution in [0.4, 0.5) is 4.39 Å². The van der Waals surface area contributed by atoms with Crippen molar-refractivity contribution in [3.05, 3.63) is 63.9 Å². The Balaban J connectivity index is 2.51. The molecular weight excluding hydrogens is 299 g/mol. The van der Waals surface area contributed by atoms with Gasteiger partial charge in [0, 0.05) is 5.56 Å². The molecule has 1 unspecified atom stereocenters. The fraction of sp³-hybridized carbons (Fsp3) is 0.143. The zero-order valence-corrected chi connectivity index (χ0v) is 11.3. The number of hydrogen-bond acceptors (Lipinski definition) is 2. The summed E-state index contributed by atoms with van der Waals surface area (Å²) in [6, 6.07) is 11.7. The Hall–Kier alpha value is -1.39. The maximum atomic E-state index is 13.9. The zero-order chi connectivity index (χ0) is 13.1. The molecule has 1 atom stereocenters. The van der Waals surface area contributed by atoms with Crippen LogP contribution in [-0.2, 0) is 0 Å². The van der Waals surface area contributed by atoms with Crippen molar-refractivity contribution in [3.8, 4) is 5.75 Å². The molecule has 18 heavy (non-hydrogen) atoms. The topological polar surface area (TPSA) is 29.5 Å². The van der Waals surface area contributed by atoms with E-state index in [2.05, 4.69) is 15.9 Å². The molecule has 0 heterocycles. The van der Waals surface area contributed by atoms with Crippen molar-refractivity contribution in [2.24, 2.45) is 0 Å². The molecule has 0 amide bonds. The van der Waals surface area contributed by atoms with Gasteiger partial charge in [0.05, 0.1) is 11.6 Å². The van der Waals surface area contributed by atoms with E-state index in [1.165, 1.54) is 19.2 Å². The van der Waals surface area contributed by atoms with E-state index in [0.29, 0.717) is 15.8 Å². The van der Waals surface area contributed by atoms with Crippen molar-refractivity contribution in [1.29, 1.82) is 0 Å². The number of aliphatic hydroxyl groups excluding tert-OH is 1. The van der Waals surface area contributed by atoms with Crippen LogP contribution >= 0.6 is 15.9 Å². The molecule has 4 heteroatoms. The average molecular weight is 311 g/mol. The first kappa shape index (κ1) is 13.1. The summed E-state index contributed by atoms with van der Waals surface area (Å²) in [5.41, 5.74) is 0.811. The molecule has 0 aliphatic carbocycles. The Bertz CT molecular complexity index is 543. The third-order valence-corrected chi connectivity index (χ3v) is 3.52. The molecule has 0 aliphatic rings. The second-order valence-corrected chi connectivity index (χ2v) is 4.58. The summed E-state index contributed by atoms with van der Waals surface area (Å²) in [6.45, 7) is 0. The Labute approximate surface area is 113 Å². The summed E-state index contributed by atoms with van der Waals surface area (Å²) < 4.78 is 19.4. The number of aliphatic hydroxyl groups is 1. The van der Waals surface area contributed by atoms with Crippen LogP contribution in [0.3, 0.4) is 0 Å². The maximum Gasteiger partial charge on any atom is 0.133 e. The highest BCUT2D eigenvalue weighted by molar-refractivity contribution is 9.10. The van der Waals surface area contributed by atoms with E-state index in [1.807, 2.05) is 6.07 Å². The predicted octanol–water partition coefficient (Wildman–Crippen LogP) is 3.68. The number of hydrogen-bond donors (Lipinski definition) is 1. The van der Waals surface area contributed by atoms with Gasteiger partial charge >= 0.3 is 0 Å². The van der Waals surface area contributed by atoms with Gasteiger partial charge in [-0.05, 0) is 33.6 Å². The van der Waals surface area contributed by atoms with E-state index < -0.39 is 11.9 Å². The lowest BCUT2D eigenvalue weighted by atomic mass is 10.0. The van der Waals surface area contributed by atoms with Crippen LogP contribution in [0.25, 0.3) is 0 Å². The molecule has 0 fully saturated rings. The minimum absolute atomic E-state index is 0.181. The molecule has 0 aromatic heterocycles. The third-order valence-electron chi connectivity index (χ3n) is 2.70. The summed E-state index contributed by atoms with van der Waals surface area (Å²) in [5.74, 6) is 0.0143. The van der Waals surface area contributed by atoms with E-state index in [1.54, 1.807) is 24.3 Å². The molecule has 2 nitrogen and oxygen atoms in total. The molecule has 0 saturated carbocycles. The maximum absolute atomic E-state index is 13.9. The Kier molecular flexibility index (Phi) is 3.99. The first-order valence-corrected chi connectivity index (χ1v) is 6.19. The van der Waals surface area contributed by atoms with E-state index in [0.717, 1.165) is 0 Å². The number of benzene rings is 2. The lowest BCUT2D eigenvalue weighted by Crippen LogP contribution is -2.04. The molecule has 0 radical (unpaired) electrons. The lowest BCUT2D eigenvalue weighted by molar-refractivity contribution is 0.213. The van der Waals surface area contributed by atoms with Crippen molar-refractivity contribution in [3.63, 3.8) is 0 Å². The fourth-order valence-corrected chi connectivity index (χ4v) is 2.46. The second kappa shape index (κ2) is 5.50. The summed E-state index contributed by atoms with van der Waals surface area (Å²) >= 11 is 3.27. The molecule has 1 N–H and O–H groups in total. The van der Waals surface area contributed by atoms with Gasteiger partial charge in [-0.2, -0.15) is 0 Å². The van der Waals surface area contributed by atoms with Crippen molar-refractivity contribution in [2.75, 3.05) is 7.11 Å². The highest BCUT2D eigenvalue weighted by Gasteiger charge is 2.20. The van der Waals surface area contributed by atoms with E-state index in [9.17, 15) is 9.50 Å². The molecule has 0 aliphatic heterocycles. The monoisotopic (exact) mass is 310 g/mol. The SMILES string of the molecule is COc1ccc(F)c(C(O)c2ccccc2)c1Br.